The molecule has 0 bridgehead atoms. The number of rotatable bonds is 7. The van der Waals surface area contributed by atoms with E-state index in [4.69, 9.17) is 10.5 Å². The number of nitrogens with zero attached hydrogens (tertiary/aromatic N) is 1. The van der Waals surface area contributed by atoms with E-state index in [1.54, 1.807) is 12.1 Å². The number of nitrogens with two attached hydrogens (primary N) is 1. The van der Waals surface area contributed by atoms with Crippen LogP contribution in [0.1, 0.15) is 64.0 Å². The summed E-state index contributed by atoms with van der Waals surface area (Å²) in [5.74, 6) is 0.200. The van der Waals surface area contributed by atoms with Gasteiger partial charge in [-0.25, -0.2) is 9.18 Å². The fourth-order valence-corrected chi connectivity index (χ4v) is 6.62. The molecule has 36 heavy (non-hydrogen) atoms. The number of hydrogen-bond donors (Lipinski definition) is 2. The van der Waals surface area contributed by atoms with Gasteiger partial charge in [0.25, 0.3) is 0 Å². The van der Waals surface area contributed by atoms with Gasteiger partial charge in [-0.2, -0.15) is 0 Å². The Balaban J connectivity index is 1.58. The van der Waals surface area contributed by atoms with E-state index in [9.17, 15) is 9.18 Å². The molecule has 5 nitrogen and oxygen atoms in total. The van der Waals surface area contributed by atoms with Crippen molar-refractivity contribution >= 4 is 6.09 Å². The second-order valence-corrected chi connectivity index (χ2v) is 11.6. The number of piperidine rings is 1. The lowest BCUT2D eigenvalue weighted by Crippen LogP contribution is -2.56. The minimum atomic E-state index is -0.558. The lowest BCUT2D eigenvalue weighted by Gasteiger charge is -2.50. The van der Waals surface area contributed by atoms with Gasteiger partial charge in [0, 0.05) is 24.5 Å². The summed E-state index contributed by atoms with van der Waals surface area (Å²) < 4.78 is 20.1. The van der Waals surface area contributed by atoms with Gasteiger partial charge >= 0.3 is 6.09 Å². The summed E-state index contributed by atoms with van der Waals surface area (Å²) in [6, 6.07) is 17.5. The summed E-state index contributed by atoms with van der Waals surface area (Å²) in [6.45, 7) is 8.95. The summed E-state index contributed by atoms with van der Waals surface area (Å²) in [7, 11) is 0. The molecule has 2 fully saturated rings. The zero-order chi connectivity index (χ0) is 25.8. The second kappa shape index (κ2) is 11.3. The zero-order valence-corrected chi connectivity index (χ0v) is 22.0. The van der Waals surface area contributed by atoms with Gasteiger partial charge in [0.15, 0.2) is 0 Å². The molecule has 0 radical (unpaired) electrons. The topological polar surface area (TPSA) is 67.6 Å². The molecular weight excluding hydrogens is 453 g/mol. The Morgan fingerprint density at radius 1 is 1.06 bits per heavy atom. The molecule has 2 aliphatic rings. The lowest BCUT2D eigenvalue weighted by atomic mass is 9.58. The number of alkyl carbamates (subject to hydrolysis) is 1. The molecule has 1 aliphatic heterocycles. The van der Waals surface area contributed by atoms with Crippen molar-refractivity contribution in [3.8, 4) is 0 Å². The fraction of sp³-hybridized carbons (Fsp3) is 0.567. The van der Waals surface area contributed by atoms with Crippen LogP contribution in [0, 0.1) is 17.7 Å². The Labute approximate surface area is 215 Å². The van der Waals surface area contributed by atoms with Crippen molar-refractivity contribution < 1.29 is 13.9 Å². The molecule has 3 atom stereocenters. The minimum absolute atomic E-state index is 0.0472. The first-order chi connectivity index (χ1) is 17.2. The highest BCUT2D eigenvalue weighted by Crippen LogP contribution is 2.50. The predicted molar refractivity (Wildman–Crippen MR) is 142 cm³/mol. The highest BCUT2D eigenvalue weighted by molar-refractivity contribution is 5.68. The minimum Gasteiger partial charge on any atom is -0.444 e. The molecule has 4 rings (SSSR count). The number of halogens is 1. The van der Waals surface area contributed by atoms with Crippen molar-refractivity contribution in [2.45, 2.75) is 76.5 Å². The van der Waals surface area contributed by atoms with Crippen LogP contribution in [0.15, 0.2) is 54.6 Å². The number of amides is 1. The smallest absolute Gasteiger partial charge is 0.407 e. The van der Waals surface area contributed by atoms with E-state index in [0.717, 1.165) is 57.3 Å². The first-order valence-electron chi connectivity index (χ1n) is 13.4. The molecule has 2 aromatic rings. The number of benzene rings is 2. The number of hydrogen-bond acceptors (Lipinski definition) is 4. The summed E-state index contributed by atoms with van der Waals surface area (Å²) in [4.78, 5) is 15.2. The van der Waals surface area contributed by atoms with Crippen LogP contribution in [0.3, 0.4) is 0 Å². The largest absolute Gasteiger partial charge is 0.444 e. The van der Waals surface area contributed by atoms with E-state index in [0.29, 0.717) is 12.5 Å². The van der Waals surface area contributed by atoms with Gasteiger partial charge in [0.2, 0.25) is 0 Å². The molecule has 196 valence electrons. The average Bonchev–Trinajstić information content (AvgIpc) is 3.29. The van der Waals surface area contributed by atoms with Crippen molar-refractivity contribution in [2.75, 3.05) is 19.6 Å². The summed E-state index contributed by atoms with van der Waals surface area (Å²) in [5, 5.41) is 3.17. The zero-order valence-electron chi connectivity index (χ0n) is 22.0. The van der Waals surface area contributed by atoms with Crippen molar-refractivity contribution in [1.82, 2.24) is 10.2 Å². The first-order valence-corrected chi connectivity index (χ1v) is 13.4. The maximum Gasteiger partial charge on any atom is 0.407 e. The van der Waals surface area contributed by atoms with E-state index in [2.05, 4.69) is 34.5 Å². The SMILES string of the molecule is CC(C)(C)OC(=O)NC1CCCC1[C@](CN)(c1cccc(F)c1)C1CCN(Cc2ccccc2)CC1. The maximum atomic E-state index is 14.5. The quantitative estimate of drug-likeness (QED) is 0.523. The molecule has 2 unspecified atom stereocenters. The van der Waals surface area contributed by atoms with Gasteiger partial charge in [-0.1, -0.05) is 48.9 Å². The third-order valence-corrected chi connectivity index (χ3v) is 8.14. The van der Waals surface area contributed by atoms with E-state index in [-0.39, 0.29) is 23.9 Å². The Kier molecular flexibility index (Phi) is 8.36. The molecule has 1 aliphatic carbocycles. The van der Waals surface area contributed by atoms with Crippen molar-refractivity contribution in [3.05, 3.63) is 71.5 Å². The monoisotopic (exact) mass is 495 g/mol. The van der Waals surface area contributed by atoms with Crippen LogP contribution < -0.4 is 11.1 Å². The Morgan fingerprint density at radius 2 is 1.78 bits per heavy atom. The number of carbonyl (C=O) groups excluding carboxylic acids is 1. The van der Waals surface area contributed by atoms with Crippen LogP contribution in [-0.4, -0.2) is 42.3 Å². The van der Waals surface area contributed by atoms with Crippen molar-refractivity contribution in [1.29, 1.82) is 0 Å². The van der Waals surface area contributed by atoms with Gasteiger partial charge < -0.3 is 15.8 Å². The van der Waals surface area contributed by atoms with Gasteiger partial charge in [0.1, 0.15) is 11.4 Å². The third kappa shape index (κ3) is 6.09. The van der Waals surface area contributed by atoms with Crippen LogP contribution in [0.2, 0.25) is 0 Å². The molecule has 2 aromatic carbocycles. The Bertz CT molecular complexity index is 1000. The van der Waals surface area contributed by atoms with Crippen LogP contribution >= 0.6 is 0 Å². The molecule has 1 amide bonds. The van der Waals surface area contributed by atoms with Gasteiger partial charge in [-0.3, -0.25) is 4.90 Å². The normalized spacial score (nSPS) is 23.2. The highest BCUT2D eigenvalue weighted by atomic mass is 19.1. The first kappa shape index (κ1) is 26.6. The average molecular weight is 496 g/mol. The summed E-state index contributed by atoms with van der Waals surface area (Å²) in [6.07, 6.45) is 4.45. The maximum absolute atomic E-state index is 14.5. The van der Waals surface area contributed by atoms with Crippen LogP contribution in [-0.2, 0) is 16.7 Å². The molecule has 6 heteroatoms. The molecule has 3 N–H and O–H groups in total. The Morgan fingerprint density at radius 3 is 2.42 bits per heavy atom. The number of carbonyl (C=O) groups is 1. The van der Waals surface area contributed by atoms with Crippen LogP contribution in [0.25, 0.3) is 0 Å². The van der Waals surface area contributed by atoms with E-state index in [1.165, 1.54) is 11.6 Å². The third-order valence-electron chi connectivity index (χ3n) is 8.14. The molecule has 0 spiro atoms. The molecule has 1 saturated carbocycles. The van der Waals surface area contributed by atoms with Gasteiger partial charge in [-0.15, -0.1) is 0 Å². The van der Waals surface area contributed by atoms with Gasteiger partial charge in [-0.05, 0) is 94.6 Å². The molecular formula is C30H42FN3O2. The van der Waals surface area contributed by atoms with Crippen molar-refractivity contribution in [3.63, 3.8) is 0 Å². The second-order valence-electron chi connectivity index (χ2n) is 11.6. The van der Waals surface area contributed by atoms with Crippen LogP contribution in [0.5, 0.6) is 0 Å². The van der Waals surface area contributed by atoms with E-state index < -0.39 is 11.0 Å². The predicted octanol–water partition coefficient (Wildman–Crippen LogP) is 5.63. The number of nitrogens with one attached hydrogen (secondary N) is 1. The summed E-state index contributed by atoms with van der Waals surface area (Å²) in [5.41, 5.74) is 8.00. The lowest BCUT2D eigenvalue weighted by molar-refractivity contribution is 0.0424. The summed E-state index contributed by atoms with van der Waals surface area (Å²) >= 11 is 0. The van der Waals surface area contributed by atoms with Gasteiger partial charge in [0.05, 0.1) is 0 Å². The van der Waals surface area contributed by atoms with Crippen molar-refractivity contribution in [2.24, 2.45) is 17.6 Å². The Hall–Kier alpha value is -2.44. The molecule has 0 aromatic heterocycles. The highest BCUT2D eigenvalue weighted by Gasteiger charge is 2.51. The molecule has 1 heterocycles. The molecule has 1 saturated heterocycles. The number of ether oxygens (including phenoxy) is 1. The van der Waals surface area contributed by atoms with E-state index in [1.807, 2.05) is 32.9 Å². The number of likely N-dealkylation sites (tertiary alicyclic amines) is 1. The van der Waals surface area contributed by atoms with E-state index >= 15 is 0 Å². The van der Waals surface area contributed by atoms with Crippen LogP contribution in [0.4, 0.5) is 9.18 Å². The fourth-order valence-electron chi connectivity index (χ4n) is 6.62. The standard InChI is InChI=1S/C30H42FN3O2/c1-29(2,3)36-28(35)33-27-14-8-13-26(27)30(21-32,24-11-7-12-25(31)19-24)23-15-17-34(18-16-23)20-22-9-5-4-6-10-22/h4-7,9-12,19,23,26-27H,8,13-18,20-21,32H2,1-3H3,(H,33,35)/t26?,27?,30-/m0/s1.